The van der Waals surface area contributed by atoms with E-state index in [9.17, 15) is 14.4 Å². The number of hydrogen-bond donors (Lipinski definition) is 2. The summed E-state index contributed by atoms with van der Waals surface area (Å²) in [6.45, 7) is 4.35. The molecule has 0 atom stereocenters. The van der Waals surface area contributed by atoms with Gasteiger partial charge in [0.05, 0.1) is 12.3 Å². The summed E-state index contributed by atoms with van der Waals surface area (Å²) in [5, 5.41) is 4.35. The first kappa shape index (κ1) is 22.0. The second kappa shape index (κ2) is 9.43. The minimum atomic E-state index is -0.741. The van der Waals surface area contributed by atoms with Crippen molar-refractivity contribution in [2.45, 2.75) is 20.4 Å². The molecule has 0 radical (unpaired) electrons. The zero-order chi connectivity index (χ0) is 22.5. The molecule has 1 amide bonds. The zero-order valence-electron chi connectivity index (χ0n) is 17.7. The fourth-order valence-corrected chi connectivity index (χ4v) is 3.18. The summed E-state index contributed by atoms with van der Waals surface area (Å²) < 4.78 is 7.94. The van der Waals surface area contributed by atoms with E-state index in [2.05, 4.69) is 10.1 Å². The molecule has 31 heavy (non-hydrogen) atoms. The van der Waals surface area contributed by atoms with E-state index < -0.39 is 17.2 Å². The van der Waals surface area contributed by atoms with E-state index in [0.717, 1.165) is 5.69 Å². The molecule has 3 rings (SSSR count). The van der Waals surface area contributed by atoms with Gasteiger partial charge in [-0.3, -0.25) is 24.0 Å². The highest BCUT2D eigenvalue weighted by Crippen LogP contribution is 2.20. The molecule has 2 heterocycles. The lowest BCUT2D eigenvalue weighted by Gasteiger charge is -2.24. The summed E-state index contributed by atoms with van der Waals surface area (Å²) in [5.41, 5.74) is 5.65. The number of anilines is 2. The number of nitrogens with zero attached hydrogens (tertiary/aromatic N) is 4. The Balaban J connectivity index is 2.05. The number of H-pyrrole nitrogens is 1. The lowest BCUT2D eigenvalue weighted by atomic mass is 10.2. The van der Waals surface area contributed by atoms with Crippen LogP contribution in [0, 0.1) is 5.92 Å². The number of ether oxygens (including phenoxy) is 1. The molecule has 10 nitrogen and oxygen atoms in total. The molecule has 164 valence electrons. The number of methoxy groups -OCH3 is 1. The molecule has 0 aliphatic carbocycles. The summed E-state index contributed by atoms with van der Waals surface area (Å²) in [6.07, 6.45) is 1.66. The molecule has 0 bridgehead atoms. The number of rotatable bonds is 8. The largest absolute Gasteiger partial charge is 0.383 e. The number of nitrogens with two attached hydrogens (primary N) is 1. The van der Waals surface area contributed by atoms with Gasteiger partial charge in [-0.15, -0.1) is 0 Å². The highest BCUT2D eigenvalue weighted by atomic mass is 16.5. The Morgan fingerprint density at radius 3 is 2.58 bits per heavy atom. The number of amides is 1. The van der Waals surface area contributed by atoms with Gasteiger partial charge >= 0.3 is 5.69 Å². The first-order valence-electron chi connectivity index (χ1n) is 9.88. The summed E-state index contributed by atoms with van der Waals surface area (Å²) in [7, 11) is 1.49. The van der Waals surface area contributed by atoms with Crippen molar-refractivity contribution in [3.63, 3.8) is 0 Å². The third-order valence-electron chi connectivity index (χ3n) is 4.62. The number of benzene rings is 1. The molecule has 2 aromatic heterocycles. The van der Waals surface area contributed by atoms with Crippen LogP contribution in [0.15, 0.2) is 52.2 Å². The molecule has 1 aromatic carbocycles. The molecule has 3 N–H and O–H groups in total. The second-order valence-corrected chi connectivity index (χ2v) is 7.43. The summed E-state index contributed by atoms with van der Waals surface area (Å²) in [5.74, 6) is -0.503. The third-order valence-corrected chi connectivity index (χ3v) is 4.62. The second-order valence-electron chi connectivity index (χ2n) is 7.43. The first-order chi connectivity index (χ1) is 14.8. The van der Waals surface area contributed by atoms with Crippen molar-refractivity contribution in [1.29, 1.82) is 0 Å². The van der Waals surface area contributed by atoms with Crippen LogP contribution < -0.4 is 21.9 Å². The number of hydrogen-bond acceptors (Lipinski definition) is 6. The van der Waals surface area contributed by atoms with Crippen molar-refractivity contribution < 1.29 is 9.53 Å². The van der Waals surface area contributed by atoms with E-state index in [1.807, 2.05) is 44.2 Å². The molecule has 3 aromatic rings. The number of nitrogens with one attached hydrogen (secondary N) is 1. The van der Waals surface area contributed by atoms with E-state index in [4.69, 9.17) is 10.5 Å². The van der Waals surface area contributed by atoms with Crippen LogP contribution in [0.25, 0.3) is 5.69 Å². The van der Waals surface area contributed by atoms with Crippen LogP contribution in [0.2, 0.25) is 0 Å². The maximum absolute atomic E-state index is 13.3. The van der Waals surface area contributed by atoms with Gasteiger partial charge in [-0.2, -0.15) is 5.10 Å². The summed E-state index contributed by atoms with van der Waals surface area (Å²) in [6, 6.07) is 10.9. The highest BCUT2D eigenvalue weighted by molar-refractivity contribution is 6.06. The van der Waals surface area contributed by atoms with Gasteiger partial charge in [0.1, 0.15) is 5.82 Å². The summed E-state index contributed by atoms with van der Waals surface area (Å²) >= 11 is 0. The van der Waals surface area contributed by atoms with Crippen molar-refractivity contribution in [1.82, 2.24) is 19.3 Å². The van der Waals surface area contributed by atoms with Gasteiger partial charge in [-0.1, -0.05) is 32.0 Å². The fourth-order valence-electron chi connectivity index (χ4n) is 3.18. The Morgan fingerprint density at radius 2 is 1.94 bits per heavy atom. The van der Waals surface area contributed by atoms with Crippen LogP contribution in [-0.2, 0) is 11.3 Å². The van der Waals surface area contributed by atoms with Crippen LogP contribution in [0.5, 0.6) is 0 Å². The topological polar surface area (TPSA) is 128 Å². The quantitative estimate of drug-likeness (QED) is 0.558. The number of aromatic nitrogens is 4. The summed E-state index contributed by atoms with van der Waals surface area (Å²) in [4.78, 5) is 41.7. The van der Waals surface area contributed by atoms with Gasteiger partial charge in [-0.25, -0.2) is 9.48 Å². The van der Waals surface area contributed by atoms with Gasteiger partial charge < -0.3 is 10.5 Å². The number of nitrogen functional groups attached to an aromatic ring is 1. The molecule has 0 unspecified atom stereocenters. The van der Waals surface area contributed by atoms with Gasteiger partial charge in [0.15, 0.2) is 11.4 Å². The Labute approximate surface area is 178 Å². The molecule has 0 saturated heterocycles. The minimum Gasteiger partial charge on any atom is -0.383 e. The predicted molar refractivity (Wildman–Crippen MR) is 118 cm³/mol. The van der Waals surface area contributed by atoms with Crippen LogP contribution >= 0.6 is 0 Å². The van der Waals surface area contributed by atoms with Crippen LogP contribution in [0.1, 0.15) is 24.3 Å². The highest BCUT2D eigenvalue weighted by Gasteiger charge is 2.27. The third kappa shape index (κ3) is 4.75. The Hall–Kier alpha value is -3.66. The lowest BCUT2D eigenvalue weighted by Crippen LogP contribution is -2.43. The van der Waals surface area contributed by atoms with Crippen molar-refractivity contribution in [2.24, 2.45) is 5.92 Å². The number of carbonyl (C=O) groups is 1. The molecule has 0 fully saturated rings. The number of aromatic amines is 1. The van der Waals surface area contributed by atoms with Crippen molar-refractivity contribution in [3.05, 3.63) is 69.1 Å². The zero-order valence-corrected chi connectivity index (χ0v) is 17.7. The number of para-hydroxylation sites is 1. The average Bonchev–Trinajstić information content (AvgIpc) is 3.23. The SMILES string of the molecule is COCCN(C(=O)c1ccn(-c2ccccc2)n1)c1c(N)n(CC(C)C)c(=O)[nH]c1=O. The molecule has 0 spiro atoms. The Morgan fingerprint density at radius 1 is 1.23 bits per heavy atom. The molecular weight excluding hydrogens is 400 g/mol. The average molecular weight is 426 g/mol. The molecule has 0 saturated carbocycles. The molecule has 0 aliphatic rings. The van der Waals surface area contributed by atoms with Crippen molar-refractivity contribution in [2.75, 3.05) is 30.9 Å². The van der Waals surface area contributed by atoms with Crippen LogP contribution in [0.4, 0.5) is 11.5 Å². The van der Waals surface area contributed by atoms with Gasteiger partial charge in [0.25, 0.3) is 11.5 Å². The molecular formula is C21H26N6O4. The maximum Gasteiger partial charge on any atom is 0.330 e. The standard InChI is InChI=1S/C21H26N6O4/c1-14(2)13-26-18(22)17(19(28)23-21(26)30)25(11-12-31-3)20(29)16-9-10-27(24-16)15-7-5-4-6-8-15/h4-10,14H,11-13,22H2,1-3H3,(H,23,28,30). The minimum absolute atomic E-state index is 0.0562. The maximum atomic E-state index is 13.3. The van der Waals surface area contributed by atoms with E-state index in [1.165, 1.54) is 16.6 Å². The van der Waals surface area contributed by atoms with E-state index in [1.54, 1.807) is 16.9 Å². The van der Waals surface area contributed by atoms with Crippen molar-refractivity contribution >= 4 is 17.4 Å². The Bertz CT molecular complexity index is 1160. The van der Waals surface area contributed by atoms with E-state index in [-0.39, 0.29) is 36.3 Å². The monoisotopic (exact) mass is 426 g/mol. The van der Waals surface area contributed by atoms with Crippen LogP contribution in [-0.4, -0.2) is 45.5 Å². The van der Waals surface area contributed by atoms with Gasteiger partial charge in [-0.05, 0) is 24.1 Å². The smallest absolute Gasteiger partial charge is 0.330 e. The van der Waals surface area contributed by atoms with Gasteiger partial charge in [0.2, 0.25) is 0 Å². The lowest BCUT2D eigenvalue weighted by molar-refractivity contribution is 0.0970. The van der Waals surface area contributed by atoms with E-state index >= 15 is 0 Å². The predicted octanol–water partition coefficient (Wildman–Crippen LogP) is 1.25. The van der Waals surface area contributed by atoms with Gasteiger partial charge in [0, 0.05) is 26.4 Å². The normalized spacial score (nSPS) is 11.1. The van der Waals surface area contributed by atoms with Crippen LogP contribution in [0.3, 0.4) is 0 Å². The first-order valence-corrected chi connectivity index (χ1v) is 9.88. The number of carbonyl (C=O) groups excluding carboxylic acids is 1. The molecule has 10 heteroatoms. The van der Waals surface area contributed by atoms with Crippen molar-refractivity contribution in [3.8, 4) is 5.69 Å². The fraction of sp³-hybridized carbons (Fsp3) is 0.333. The van der Waals surface area contributed by atoms with E-state index in [0.29, 0.717) is 6.54 Å². The molecule has 0 aliphatic heterocycles. The Kier molecular flexibility index (Phi) is 6.71.